The number of allylic oxidation sites excluding steroid dienone is 1. The first kappa shape index (κ1) is 9.42. The van der Waals surface area contributed by atoms with Crippen LogP contribution in [0.4, 0.5) is 0 Å². The highest BCUT2D eigenvalue weighted by molar-refractivity contribution is 5.75. The van der Waals surface area contributed by atoms with E-state index in [1.165, 1.54) is 0 Å². The van der Waals surface area contributed by atoms with Crippen molar-refractivity contribution < 1.29 is 5.11 Å². The highest BCUT2D eigenvalue weighted by atomic mass is 16.3. The van der Waals surface area contributed by atoms with Gasteiger partial charge in [-0.3, -0.25) is 4.99 Å². The van der Waals surface area contributed by atoms with E-state index in [0.29, 0.717) is 13.0 Å². The van der Waals surface area contributed by atoms with Crippen LogP contribution >= 0.6 is 0 Å². The lowest BCUT2D eigenvalue weighted by Crippen LogP contribution is -2.24. The van der Waals surface area contributed by atoms with Crippen molar-refractivity contribution in [3.8, 4) is 0 Å². The lowest BCUT2D eigenvalue weighted by molar-refractivity contribution is 0.253. The third-order valence-electron chi connectivity index (χ3n) is 2.18. The molecular weight excluding hydrogens is 152 g/mol. The van der Waals surface area contributed by atoms with E-state index in [1.807, 2.05) is 6.08 Å². The number of aliphatic imine (C=N–C) groups is 1. The van der Waals surface area contributed by atoms with Gasteiger partial charge in [-0.25, -0.2) is 0 Å². The van der Waals surface area contributed by atoms with Crippen LogP contribution in [0.25, 0.3) is 0 Å². The van der Waals surface area contributed by atoms with Gasteiger partial charge in [-0.2, -0.15) is 0 Å². The van der Waals surface area contributed by atoms with Crippen molar-refractivity contribution in [3.05, 3.63) is 12.2 Å². The molecule has 0 bridgehead atoms. The van der Waals surface area contributed by atoms with Gasteiger partial charge in [-0.1, -0.05) is 6.08 Å². The van der Waals surface area contributed by atoms with Gasteiger partial charge in [-0.05, 0) is 31.9 Å². The molecule has 0 saturated heterocycles. The largest absolute Gasteiger partial charge is 0.396 e. The summed E-state index contributed by atoms with van der Waals surface area (Å²) in [6, 6.07) is 0. The second-order valence-electron chi connectivity index (χ2n) is 3.11. The van der Waals surface area contributed by atoms with Gasteiger partial charge in [0.15, 0.2) is 0 Å². The molecule has 0 aromatic rings. The molecule has 3 N–H and O–H groups in total. The topological polar surface area (TPSA) is 58.6 Å². The van der Waals surface area contributed by atoms with Crippen LogP contribution in [0.2, 0.25) is 0 Å². The van der Waals surface area contributed by atoms with Crippen LogP contribution in [0.5, 0.6) is 0 Å². The fourth-order valence-corrected chi connectivity index (χ4v) is 1.48. The van der Waals surface area contributed by atoms with Crippen molar-refractivity contribution in [2.45, 2.75) is 24.8 Å². The Morgan fingerprint density at radius 2 is 2.25 bits per heavy atom. The summed E-state index contributed by atoms with van der Waals surface area (Å²) in [6.07, 6.45) is 8.40. The predicted molar refractivity (Wildman–Crippen MR) is 50.4 cm³/mol. The number of nitrogens with zero attached hydrogens (tertiary/aromatic N) is 1. The Labute approximate surface area is 73.0 Å². The molecule has 1 heterocycles. The zero-order chi connectivity index (χ0) is 8.86. The smallest absolute Gasteiger partial charge is 0.0813 e. The summed E-state index contributed by atoms with van der Waals surface area (Å²) in [5.41, 5.74) is 5.28. The molecule has 1 aliphatic rings. The highest BCUT2D eigenvalue weighted by Gasteiger charge is 2.25. The number of aliphatic hydroxyl groups is 1. The van der Waals surface area contributed by atoms with Gasteiger partial charge < -0.3 is 10.8 Å². The molecule has 12 heavy (non-hydrogen) atoms. The minimum absolute atomic E-state index is 0.145. The molecule has 0 fully saturated rings. The first-order valence-corrected chi connectivity index (χ1v) is 4.37. The fraction of sp³-hybridized carbons (Fsp3) is 0.667. The van der Waals surface area contributed by atoms with Crippen molar-refractivity contribution in [1.29, 1.82) is 0 Å². The molecular formula is C9H16N2O. The summed E-state index contributed by atoms with van der Waals surface area (Å²) in [6.45, 7) is 0.878. The Morgan fingerprint density at radius 1 is 1.42 bits per heavy atom. The fourth-order valence-electron chi connectivity index (χ4n) is 1.48. The molecule has 0 aromatic carbocycles. The monoisotopic (exact) mass is 168 g/mol. The molecule has 1 unspecified atom stereocenters. The predicted octanol–water partition coefficient (Wildman–Crippen LogP) is 0.487. The maximum Gasteiger partial charge on any atom is 0.0813 e. The second-order valence-corrected chi connectivity index (χ2v) is 3.11. The van der Waals surface area contributed by atoms with Gasteiger partial charge in [0.25, 0.3) is 0 Å². The van der Waals surface area contributed by atoms with Crippen LogP contribution in [0.1, 0.15) is 19.3 Å². The number of aliphatic hydroxyl groups excluding tert-OH is 1. The Morgan fingerprint density at radius 3 is 2.75 bits per heavy atom. The van der Waals surface area contributed by atoms with Gasteiger partial charge in [0, 0.05) is 12.8 Å². The molecule has 0 saturated carbocycles. The molecule has 1 rings (SSSR count). The SMILES string of the molecule is NCCCC1(CCO)C=CC=N1. The van der Waals surface area contributed by atoms with E-state index in [2.05, 4.69) is 11.1 Å². The van der Waals surface area contributed by atoms with Gasteiger partial charge in [-0.15, -0.1) is 0 Å². The average molecular weight is 168 g/mol. The Balaban J connectivity index is 2.48. The van der Waals surface area contributed by atoms with Crippen molar-refractivity contribution in [2.24, 2.45) is 10.7 Å². The van der Waals surface area contributed by atoms with Crippen LogP contribution in [0, 0.1) is 0 Å². The quantitative estimate of drug-likeness (QED) is 0.627. The Hall–Kier alpha value is -0.670. The summed E-state index contributed by atoms with van der Waals surface area (Å²) in [7, 11) is 0. The minimum Gasteiger partial charge on any atom is -0.396 e. The molecule has 0 spiro atoms. The van der Waals surface area contributed by atoms with Crippen molar-refractivity contribution >= 4 is 6.21 Å². The third kappa shape index (κ3) is 2.16. The van der Waals surface area contributed by atoms with E-state index >= 15 is 0 Å². The van der Waals surface area contributed by atoms with E-state index < -0.39 is 0 Å². The molecule has 1 atom stereocenters. The number of hydrogen-bond acceptors (Lipinski definition) is 3. The summed E-state index contributed by atoms with van der Waals surface area (Å²) in [4.78, 5) is 4.34. The summed E-state index contributed by atoms with van der Waals surface area (Å²) < 4.78 is 0. The molecule has 68 valence electrons. The third-order valence-corrected chi connectivity index (χ3v) is 2.18. The molecule has 0 aromatic heterocycles. The van der Waals surface area contributed by atoms with Crippen LogP contribution < -0.4 is 5.73 Å². The molecule has 0 radical (unpaired) electrons. The van der Waals surface area contributed by atoms with Crippen molar-refractivity contribution in [3.63, 3.8) is 0 Å². The normalized spacial score (nSPS) is 26.8. The van der Waals surface area contributed by atoms with Crippen LogP contribution in [0.15, 0.2) is 17.1 Å². The van der Waals surface area contributed by atoms with Crippen molar-refractivity contribution in [2.75, 3.05) is 13.2 Å². The van der Waals surface area contributed by atoms with E-state index in [9.17, 15) is 0 Å². The molecule has 1 aliphatic heterocycles. The van der Waals surface area contributed by atoms with E-state index in [4.69, 9.17) is 10.8 Å². The van der Waals surface area contributed by atoms with Gasteiger partial charge in [0.1, 0.15) is 0 Å². The Bertz CT molecular complexity index is 175. The second kappa shape index (κ2) is 4.38. The van der Waals surface area contributed by atoms with Crippen molar-refractivity contribution in [1.82, 2.24) is 0 Å². The van der Waals surface area contributed by atoms with E-state index in [1.54, 1.807) is 6.21 Å². The molecule has 3 heteroatoms. The maximum atomic E-state index is 8.85. The maximum absolute atomic E-state index is 8.85. The van der Waals surface area contributed by atoms with Gasteiger partial charge >= 0.3 is 0 Å². The molecule has 0 aliphatic carbocycles. The number of nitrogens with two attached hydrogens (primary N) is 1. The summed E-state index contributed by atoms with van der Waals surface area (Å²) in [5, 5.41) is 8.85. The standard InChI is InChI=1S/C9H16N2O/c10-6-1-3-9(5-8-12)4-2-7-11-9/h2,4,7,12H,1,3,5-6,8,10H2. The minimum atomic E-state index is -0.145. The van der Waals surface area contributed by atoms with Gasteiger partial charge in [0.2, 0.25) is 0 Å². The van der Waals surface area contributed by atoms with Crippen LogP contribution in [0.3, 0.4) is 0 Å². The number of rotatable bonds is 5. The Kier molecular flexibility index (Phi) is 3.44. The molecule has 3 nitrogen and oxygen atoms in total. The van der Waals surface area contributed by atoms with E-state index in [-0.39, 0.29) is 12.1 Å². The lowest BCUT2D eigenvalue weighted by atomic mass is 9.91. The first-order valence-electron chi connectivity index (χ1n) is 4.37. The van der Waals surface area contributed by atoms with Crippen LogP contribution in [-0.2, 0) is 0 Å². The van der Waals surface area contributed by atoms with E-state index in [0.717, 1.165) is 12.8 Å². The average Bonchev–Trinajstić information content (AvgIpc) is 2.51. The highest BCUT2D eigenvalue weighted by Crippen LogP contribution is 2.26. The summed E-state index contributed by atoms with van der Waals surface area (Å²) in [5.74, 6) is 0. The zero-order valence-corrected chi connectivity index (χ0v) is 7.24. The molecule has 0 amide bonds. The number of hydrogen-bond donors (Lipinski definition) is 2. The summed E-state index contributed by atoms with van der Waals surface area (Å²) >= 11 is 0. The lowest BCUT2D eigenvalue weighted by Gasteiger charge is -2.22. The van der Waals surface area contributed by atoms with Gasteiger partial charge in [0.05, 0.1) is 5.54 Å². The first-order chi connectivity index (χ1) is 5.83. The van der Waals surface area contributed by atoms with Crippen LogP contribution in [-0.4, -0.2) is 30.0 Å². The zero-order valence-electron chi connectivity index (χ0n) is 7.24.